The number of nitrogens with zero attached hydrogens (tertiary/aromatic N) is 2. The van der Waals surface area contributed by atoms with Crippen LogP contribution in [-0.2, 0) is 13.5 Å². The molecule has 7 nitrogen and oxygen atoms in total. The van der Waals surface area contributed by atoms with Gasteiger partial charge in [-0.1, -0.05) is 12.7 Å². The van der Waals surface area contributed by atoms with Crippen LogP contribution in [0.1, 0.15) is 31.4 Å². The molecule has 9 heteroatoms. The number of allylic oxidation sites excluding steroid dienone is 2. The zero-order valence-corrected chi connectivity index (χ0v) is 17.0. The van der Waals surface area contributed by atoms with Crippen LogP contribution in [-0.4, -0.2) is 28.9 Å². The minimum absolute atomic E-state index is 0.0405. The number of carbonyl (C=O) groups is 2. The fourth-order valence-corrected chi connectivity index (χ4v) is 4.16. The maximum atomic E-state index is 12.2. The van der Waals surface area contributed by atoms with Crippen molar-refractivity contribution in [2.75, 3.05) is 6.54 Å². The third-order valence-corrected chi connectivity index (χ3v) is 5.75. The van der Waals surface area contributed by atoms with Gasteiger partial charge >= 0.3 is 0 Å². The molecule has 2 aromatic heterocycles. The molecule has 2 aromatic rings. The van der Waals surface area contributed by atoms with E-state index in [0.29, 0.717) is 28.4 Å². The van der Waals surface area contributed by atoms with Gasteiger partial charge in [0.1, 0.15) is 0 Å². The summed E-state index contributed by atoms with van der Waals surface area (Å²) in [5.41, 5.74) is 8.71. The molecule has 3 rings (SSSR count). The summed E-state index contributed by atoms with van der Waals surface area (Å²) < 4.78 is 2.74. The van der Waals surface area contributed by atoms with Gasteiger partial charge in [0.2, 0.25) is 5.96 Å². The number of thiophene rings is 1. The molecule has 1 aliphatic rings. The van der Waals surface area contributed by atoms with Gasteiger partial charge in [-0.25, -0.2) is 4.99 Å². The van der Waals surface area contributed by atoms with Gasteiger partial charge < -0.3 is 15.6 Å². The summed E-state index contributed by atoms with van der Waals surface area (Å²) in [4.78, 5) is 29.2. The van der Waals surface area contributed by atoms with Crippen LogP contribution >= 0.6 is 27.3 Å². The average Bonchev–Trinajstić information content (AvgIpc) is 3.20. The van der Waals surface area contributed by atoms with Gasteiger partial charge in [0.05, 0.1) is 21.8 Å². The number of amides is 2. The summed E-state index contributed by atoms with van der Waals surface area (Å²) in [6.45, 7) is 4.30. The van der Waals surface area contributed by atoms with Crippen LogP contribution in [0.2, 0.25) is 0 Å². The maximum absolute atomic E-state index is 12.2. The topological polar surface area (TPSA) is 102 Å². The number of nitrogens with two attached hydrogens (primary N) is 1. The lowest BCUT2D eigenvalue weighted by Crippen LogP contribution is -2.36. The van der Waals surface area contributed by atoms with Crippen molar-refractivity contribution in [2.45, 2.75) is 6.42 Å². The summed E-state index contributed by atoms with van der Waals surface area (Å²) in [6, 6.07) is 3.48. The molecule has 0 spiro atoms. The lowest BCUT2D eigenvalue weighted by atomic mass is 10.1. The van der Waals surface area contributed by atoms with E-state index in [1.807, 2.05) is 17.0 Å². The van der Waals surface area contributed by atoms with Gasteiger partial charge in [0.25, 0.3) is 11.8 Å². The highest BCUT2D eigenvalue weighted by Gasteiger charge is 2.23. The van der Waals surface area contributed by atoms with Crippen molar-refractivity contribution in [1.29, 1.82) is 0 Å². The lowest BCUT2D eigenvalue weighted by molar-refractivity contribution is 0.0943. The lowest BCUT2D eigenvalue weighted by Gasteiger charge is -2.14. The largest absolute Gasteiger partial charge is 0.369 e. The summed E-state index contributed by atoms with van der Waals surface area (Å²) in [7, 11) is 1.87. The first-order valence-electron chi connectivity index (χ1n) is 8.10. The first kappa shape index (κ1) is 19.1. The summed E-state index contributed by atoms with van der Waals surface area (Å²) in [5.74, 6) is -0.485. The van der Waals surface area contributed by atoms with Crippen molar-refractivity contribution < 1.29 is 9.59 Å². The molecule has 3 heterocycles. The third kappa shape index (κ3) is 4.04. The zero-order chi connectivity index (χ0) is 19.6. The highest BCUT2D eigenvalue weighted by molar-refractivity contribution is 9.10. The van der Waals surface area contributed by atoms with Gasteiger partial charge in [-0.3, -0.25) is 14.9 Å². The molecule has 0 atom stereocenters. The molecular formula is C18H18BrN5O2S. The van der Waals surface area contributed by atoms with Crippen molar-refractivity contribution in [1.82, 2.24) is 15.2 Å². The van der Waals surface area contributed by atoms with E-state index in [1.54, 1.807) is 24.3 Å². The number of rotatable bonds is 4. The number of hydrogen-bond acceptors (Lipinski definition) is 4. The van der Waals surface area contributed by atoms with Crippen LogP contribution in [0.25, 0.3) is 5.70 Å². The Hall–Kier alpha value is -2.65. The first-order valence-corrected chi connectivity index (χ1v) is 9.77. The molecule has 140 valence electrons. The van der Waals surface area contributed by atoms with Crippen molar-refractivity contribution in [3.8, 4) is 0 Å². The van der Waals surface area contributed by atoms with E-state index in [1.165, 1.54) is 11.3 Å². The minimum atomic E-state index is -0.338. The van der Waals surface area contributed by atoms with Crippen molar-refractivity contribution in [2.24, 2.45) is 17.8 Å². The monoisotopic (exact) mass is 447 g/mol. The van der Waals surface area contributed by atoms with E-state index in [2.05, 4.69) is 38.1 Å². The smallest absolute Gasteiger partial charge is 0.268 e. The maximum Gasteiger partial charge on any atom is 0.268 e. The number of fused-ring (bicyclic) bond motifs is 1. The van der Waals surface area contributed by atoms with E-state index < -0.39 is 0 Å². The Morgan fingerprint density at radius 3 is 2.93 bits per heavy atom. The first-order chi connectivity index (χ1) is 12.9. The SMILES string of the molecule is C=C/C=C(\N=C(N)NC(=O)c1cc(Br)cs1)c1cc2c(n1C)CCNC2=O. The van der Waals surface area contributed by atoms with Crippen molar-refractivity contribution in [3.05, 3.63) is 62.5 Å². The standard InChI is InChI=1S/C18H18BrN5O2S/c1-3-4-12(14-8-11-13(24(14)2)5-6-21-16(11)25)22-18(20)23-17(26)15-7-10(19)9-27-15/h3-4,7-9H,1,5-6H2,2H3,(H,21,25)(H3,20,22,23,26)/b12-4-. The normalized spacial score (nSPS) is 14.5. The third-order valence-electron chi connectivity index (χ3n) is 4.06. The summed E-state index contributed by atoms with van der Waals surface area (Å²) in [5, 5.41) is 7.21. The molecule has 4 N–H and O–H groups in total. The number of hydrogen-bond donors (Lipinski definition) is 3. The van der Waals surface area contributed by atoms with Gasteiger partial charge in [-0.2, -0.15) is 0 Å². The molecule has 0 radical (unpaired) electrons. The van der Waals surface area contributed by atoms with Crippen LogP contribution in [0.15, 0.2) is 45.7 Å². The highest BCUT2D eigenvalue weighted by atomic mass is 79.9. The number of halogens is 1. The quantitative estimate of drug-likeness (QED) is 0.380. The molecule has 0 bridgehead atoms. The Morgan fingerprint density at radius 2 is 2.30 bits per heavy atom. The van der Waals surface area contributed by atoms with Crippen molar-refractivity contribution >= 4 is 50.7 Å². The predicted octanol–water partition coefficient (Wildman–Crippen LogP) is 2.41. The van der Waals surface area contributed by atoms with Gasteiger partial charge in [0.15, 0.2) is 0 Å². The molecular weight excluding hydrogens is 430 g/mol. The van der Waals surface area contributed by atoms with Crippen molar-refractivity contribution in [3.63, 3.8) is 0 Å². The van der Waals surface area contributed by atoms with Gasteiger partial charge in [0, 0.05) is 35.6 Å². The predicted molar refractivity (Wildman–Crippen MR) is 111 cm³/mol. The summed E-state index contributed by atoms with van der Waals surface area (Å²) >= 11 is 4.61. The van der Waals surface area contributed by atoms with E-state index in [4.69, 9.17) is 5.73 Å². The van der Waals surface area contributed by atoms with E-state index in [9.17, 15) is 9.59 Å². The van der Waals surface area contributed by atoms with Crippen LogP contribution in [0.3, 0.4) is 0 Å². The Kier molecular flexibility index (Phi) is 5.62. The number of nitrogens with one attached hydrogen (secondary N) is 2. The Labute approximate surface area is 168 Å². The Balaban J connectivity index is 1.89. The molecule has 27 heavy (non-hydrogen) atoms. The Morgan fingerprint density at radius 1 is 1.52 bits per heavy atom. The second kappa shape index (κ2) is 7.93. The van der Waals surface area contributed by atoms with Crippen LogP contribution in [0, 0.1) is 0 Å². The second-order valence-electron chi connectivity index (χ2n) is 5.82. The molecule has 2 amide bonds. The molecule has 0 saturated heterocycles. The molecule has 0 aromatic carbocycles. The number of aliphatic imine (C=N–C) groups is 1. The van der Waals surface area contributed by atoms with Gasteiger partial charge in [-0.05, 0) is 34.1 Å². The van der Waals surface area contributed by atoms with E-state index in [0.717, 1.165) is 16.6 Å². The number of guanidine groups is 1. The average molecular weight is 448 g/mol. The number of carbonyl (C=O) groups excluding carboxylic acids is 2. The van der Waals surface area contributed by atoms with Crippen LogP contribution < -0.4 is 16.4 Å². The molecule has 0 saturated carbocycles. The molecule has 0 aliphatic carbocycles. The highest BCUT2D eigenvalue weighted by Crippen LogP contribution is 2.25. The van der Waals surface area contributed by atoms with E-state index >= 15 is 0 Å². The fraction of sp³-hybridized carbons (Fsp3) is 0.167. The summed E-state index contributed by atoms with van der Waals surface area (Å²) in [6.07, 6.45) is 4.00. The fourth-order valence-electron chi connectivity index (χ4n) is 2.84. The molecule has 0 unspecified atom stereocenters. The van der Waals surface area contributed by atoms with Crippen LogP contribution in [0.5, 0.6) is 0 Å². The molecule has 1 aliphatic heterocycles. The zero-order valence-electron chi connectivity index (χ0n) is 14.6. The van der Waals surface area contributed by atoms with Crippen LogP contribution in [0.4, 0.5) is 0 Å². The minimum Gasteiger partial charge on any atom is -0.369 e. The molecule has 0 fully saturated rings. The van der Waals surface area contributed by atoms with Gasteiger partial charge in [-0.15, -0.1) is 11.3 Å². The number of aromatic nitrogens is 1. The second-order valence-corrected chi connectivity index (χ2v) is 7.65. The van der Waals surface area contributed by atoms with E-state index in [-0.39, 0.29) is 17.8 Å². The Bertz CT molecular complexity index is 986.